The summed E-state index contributed by atoms with van der Waals surface area (Å²) in [5, 5.41) is 10.7. The van der Waals surface area contributed by atoms with E-state index in [2.05, 4.69) is 31.6 Å². The number of thioether (sulfide) groups is 1. The van der Waals surface area contributed by atoms with Crippen LogP contribution in [-0.2, 0) is 5.75 Å². The number of nitrogens with zero attached hydrogens (tertiary/aromatic N) is 5. The van der Waals surface area contributed by atoms with Gasteiger partial charge >= 0.3 is 0 Å². The molecule has 0 spiro atoms. The predicted octanol–water partition coefficient (Wildman–Crippen LogP) is 5.45. The van der Waals surface area contributed by atoms with Crippen molar-refractivity contribution in [2.24, 2.45) is 5.92 Å². The van der Waals surface area contributed by atoms with Crippen molar-refractivity contribution >= 4 is 29.3 Å². The van der Waals surface area contributed by atoms with Gasteiger partial charge in [0, 0.05) is 29.7 Å². The van der Waals surface area contributed by atoms with Crippen LogP contribution >= 0.6 is 23.4 Å². The van der Waals surface area contributed by atoms with Gasteiger partial charge in [-0.2, -0.15) is 0 Å². The highest BCUT2D eigenvalue weighted by molar-refractivity contribution is 7.98. The highest BCUT2D eigenvalue weighted by atomic mass is 35.5. The maximum atomic E-state index is 6.08. The van der Waals surface area contributed by atoms with Gasteiger partial charge in [0.05, 0.1) is 11.9 Å². The van der Waals surface area contributed by atoms with Crippen LogP contribution in [0.2, 0.25) is 5.02 Å². The Balaban J connectivity index is 1.30. The van der Waals surface area contributed by atoms with Crippen molar-refractivity contribution in [3.63, 3.8) is 0 Å². The first-order chi connectivity index (χ1) is 14.2. The van der Waals surface area contributed by atoms with E-state index in [1.54, 1.807) is 18.0 Å². The maximum Gasteiger partial charge on any atom is 0.228 e. The van der Waals surface area contributed by atoms with Crippen molar-refractivity contribution in [1.82, 2.24) is 19.7 Å². The van der Waals surface area contributed by atoms with Crippen LogP contribution in [0.15, 0.2) is 40.0 Å². The molecular weight excluding hydrogens is 406 g/mol. The molecule has 1 aliphatic carbocycles. The molecule has 2 aliphatic rings. The summed E-state index contributed by atoms with van der Waals surface area (Å²) in [5.74, 6) is 3.88. The van der Waals surface area contributed by atoms with E-state index in [1.165, 1.54) is 25.7 Å². The number of benzene rings is 1. The van der Waals surface area contributed by atoms with Crippen molar-refractivity contribution in [3.8, 4) is 11.3 Å². The van der Waals surface area contributed by atoms with Crippen LogP contribution in [0.3, 0.4) is 0 Å². The Morgan fingerprint density at radius 2 is 2.00 bits per heavy atom. The fourth-order valence-corrected chi connectivity index (χ4v) is 4.77. The summed E-state index contributed by atoms with van der Waals surface area (Å²) in [5.41, 5.74) is 0.934. The maximum absolute atomic E-state index is 6.08. The van der Waals surface area contributed by atoms with E-state index in [1.807, 2.05) is 24.3 Å². The average molecular weight is 430 g/mol. The summed E-state index contributed by atoms with van der Waals surface area (Å²) in [4.78, 5) is 6.83. The Bertz CT molecular complexity index is 991. The Morgan fingerprint density at radius 1 is 1.17 bits per heavy atom. The predicted molar refractivity (Wildman–Crippen MR) is 115 cm³/mol. The minimum atomic E-state index is 0.536. The lowest BCUT2D eigenvalue weighted by Crippen LogP contribution is -2.34. The molecule has 0 radical (unpaired) electrons. The number of piperidine rings is 1. The first-order valence-corrected chi connectivity index (χ1v) is 11.6. The zero-order valence-electron chi connectivity index (χ0n) is 16.4. The molecule has 1 aliphatic heterocycles. The van der Waals surface area contributed by atoms with Crippen molar-refractivity contribution in [2.45, 2.75) is 49.6 Å². The molecule has 0 unspecified atom stereocenters. The fraction of sp³-hybridized carbons (Fsp3) is 0.476. The van der Waals surface area contributed by atoms with Crippen molar-refractivity contribution < 1.29 is 4.42 Å². The highest BCUT2D eigenvalue weighted by Gasteiger charge is 2.32. The van der Waals surface area contributed by atoms with E-state index in [0.29, 0.717) is 22.7 Å². The zero-order chi connectivity index (χ0) is 19.8. The average Bonchev–Trinajstić information content (AvgIpc) is 3.30. The molecule has 29 heavy (non-hydrogen) atoms. The summed E-state index contributed by atoms with van der Waals surface area (Å²) in [6, 6.07) is 8.15. The minimum Gasteiger partial charge on any atom is -0.440 e. The second kappa shape index (κ2) is 8.03. The summed E-state index contributed by atoms with van der Waals surface area (Å²) < 4.78 is 8.27. The van der Waals surface area contributed by atoms with Gasteiger partial charge in [-0.15, -0.1) is 10.2 Å². The Morgan fingerprint density at radius 3 is 2.76 bits per heavy atom. The third kappa shape index (κ3) is 4.16. The van der Waals surface area contributed by atoms with Crippen LogP contribution in [0.25, 0.3) is 11.3 Å². The fourth-order valence-electron chi connectivity index (χ4n) is 3.72. The summed E-state index contributed by atoms with van der Waals surface area (Å²) >= 11 is 7.73. The molecule has 1 aromatic carbocycles. The normalized spacial score (nSPS) is 17.8. The zero-order valence-corrected chi connectivity index (χ0v) is 18.0. The molecule has 2 aromatic heterocycles. The van der Waals surface area contributed by atoms with Gasteiger partial charge in [0.25, 0.3) is 0 Å². The molecule has 2 fully saturated rings. The van der Waals surface area contributed by atoms with Crippen LogP contribution in [0.1, 0.15) is 44.5 Å². The molecule has 0 atom stereocenters. The largest absolute Gasteiger partial charge is 0.440 e. The van der Waals surface area contributed by atoms with Crippen LogP contribution in [0.5, 0.6) is 0 Å². The number of hydrogen-bond donors (Lipinski definition) is 0. The van der Waals surface area contributed by atoms with Gasteiger partial charge < -0.3 is 9.32 Å². The number of anilines is 1. The lowest BCUT2D eigenvalue weighted by molar-refractivity contribution is 0.429. The van der Waals surface area contributed by atoms with Crippen molar-refractivity contribution in [1.29, 1.82) is 0 Å². The van der Waals surface area contributed by atoms with E-state index in [4.69, 9.17) is 16.0 Å². The monoisotopic (exact) mass is 429 g/mol. The SMILES string of the molecule is CC1CCN(c2nnc(SCc3ncc(-c4cccc(Cl)c4)o3)n2C2CC2)CC1. The second-order valence-corrected chi connectivity index (χ2v) is 9.35. The first-order valence-electron chi connectivity index (χ1n) is 10.2. The van der Waals surface area contributed by atoms with Gasteiger partial charge in [0.1, 0.15) is 0 Å². The van der Waals surface area contributed by atoms with E-state index >= 15 is 0 Å². The van der Waals surface area contributed by atoms with Gasteiger partial charge in [-0.25, -0.2) is 4.98 Å². The Labute approximate surface area is 179 Å². The molecule has 0 amide bonds. The third-order valence-electron chi connectivity index (χ3n) is 5.61. The van der Waals surface area contributed by atoms with Gasteiger partial charge in [0.2, 0.25) is 11.8 Å². The lowest BCUT2D eigenvalue weighted by Gasteiger charge is -2.31. The molecular formula is C21H24ClN5OS. The van der Waals surface area contributed by atoms with Crippen LogP contribution in [0, 0.1) is 5.92 Å². The summed E-state index contributed by atoms with van der Waals surface area (Å²) in [7, 11) is 0. The highest BCUT2D eigenvalue weighted by Crippen LogP contribution is 2.42. The summed E-state index contributed by atoms with van der Waals surface area (Å²) in [6.07, 6.45) is 6.63. The summed E-state index contributed by atoms with van der Waals surface area (Å²) in [6.45, 7) is 4.47. The topological polar surface area (TPSA) is 60.0 Å². The Kier molecular flexibility index (Phi) is 5.26. The number of oxazole rings is 1. The van der Waals surface area contributed by atoms with Crippen molar-refractivity contribution in [3.05, 3.63) is 41.4 Å². The van der Waals surface area contributed by atoms with Crippen molar-refractivity contribution in [2.75, 3.05) is 18.0 Å². The van der Waals surface area contributed by atoms with Gasteiger partial charge in [0.15, 0.2) is 10.9 Å². The second-order valence-electron chi connectivity index (χ2n) is 7.97. The van der Waals surface area contributed by atoms with Crippen LogP contribution in [-0.4, -0.2) is 32.8 Å². The van der Waals surface area contributed by atoms with E-state index < -0.39 is 0 Å². The van der Waals surface area contributed by atoms with Crippen LogP contribution < -0.4 is 4.90 Å². The number of hydrogen-bond acceptors (Lipinski definition) is 6. The number of rotatable bonds is 6. The van der Waals surface area contributed by atoms with Crippen LogP contribution in [0.4, 0.5) is 5.95 Å². The van der Waals surface area contributed by atoms with Gasteiger partial charge in [-0.05, 0) is 43.7 Å². The van der Waals surface area contributed by atoms with E-state index in [9.17, 15) is 0 Å². The third-order valence-corrected chi connectivity index (χ3v) is 6.78. The van der Waals surface area contributed by atoms with E-state index in [0.717, 1.165) is 41.4 Å². The molecule has 3 aromatic rings. The van der Waals surface area contributed by atoms with Gasteiger partial charge in [-0.1, -0.05) is 42.4 Å². The standard InChI is InChI=1S/C21H24ClN5OS/c1-14-7-9-26(10-8-14)20-24-25-21(27(20)17-5-6-17)29-13-19-23-12-18(28-19)15-3-2-4-16(22)11-15/h2-4,11-12,14,17H,5-10,13H2,1H3. The molecule has 0 bridgehead atoms. The smallest absolute Gasteiger partial charge is 0.228 e. The molecule has 1 saturated carbocycles. The molecule has 1 saturated heterocycles. The number of halogens is 1. The molecule has 5 rings (SSSR count). The number of aromatic nitrogens is 4. The molecule has 6 nitrogen and oxygen atoms in total. The van der Waals surface area contributed by atoms with E-state index in [-0.39, 0.29) is 0 Å². The molecule has 0 N–H and O–H groups in total. The Hall–Kier alpha value is -1.99. The molecule has 152 valence electrons. The quantitative estimate of drug-likeness (QED) is 0.485. The molecule has 8 heteroatoms. The lowest BCUT2D eigenvalue weighted by atomic mass is 10.00. The van der Waals surface area contributed by atoms with Gasteiger partial charge in [-0.3, -0.25) is 4.57 Å². The molecule has 3 heterocycles. The minimum absolute atomic E-state index is 0.536. The first kappa shape index (κ1) is 19.0.